The van der Waals surface area contributed by atoms with Crippen LogP contribution in [0.1, 0.15) is 26.7 Å². The van der Waals surface area contributed by atoms with E-state index in [1.807, 2.05) is 13.8 Å². The molecule has 0 aromatic rings. The van der Waals surface area contributed by atoms with E-state index in [1.54, 1.807) is 0 Å². The van der Waals surface area contributed by atoms with E-state index in [0.29, 0.717) is 0 Å². The van der Waals surface area contributed by atoms with Gasteiger partial charge in [-0.2, -0.15) is 0 Å². The van der Waals surface area contributed by atoms with Gasteiger partial charge >= 0.3 is 0 Å². The number of ether oxygens (including phenoxy) is 1. The summed E-state index contributed by atoms with van der Waals surface area (Å²) in [6, 6.07) is -0.0155. The molecule has 0 radical (unpaired) electrons. The first-order valence-corrected chi connectivity index (χ1v) is 5.52. The summed E-state index contributed by atoms with van der Waals surface area (Å²) in [6.45, 7) is 6.55. The highest BCUT2D eigenvalue weighted by molar-refractivity contribution is 5.84. The molecule has 0 amide bonds. The van der Waals surface area contributed by atoms with Crippen LogP contribution >= 0.6 is 0 Å². The summed E-state index contributed by atoms with van der Waals surface area (Å²) in [7, 11) is 0. The van der Waals surface area contributed by atoms with E-state index >= 15 is 0 Å². The van der Waals surface area contributed by atoms with Gasteiger partial charge < -0.3 is 15.7 Å². The molecule has 0 aromatic heterocycles. The van der Waals surface area contributed by atoms with Gasteiger partial charge in [0.2, 0.25) is 0 Å². The molecule has 2 atom stereocenters. The van der Waals surface area contributed by atoms with Crippen LogP contribution in [0.15, 0.2) is 5.16 Å². The SMILES string of the molecule is CCOC1CCCN(C(C)C(N)=NO)C1. The zero-order valence-corrected chi connectivity index (χ0v) is 9.52. The second kappa shape index (κ2) is 5.92. The van der Waals surface area contributed by atoms with Crippen molar-refractivity contribution in [1.29, 1.82) is 0 Å². The van der Waals surface area contributed by atoms with Crippen molar-refractivity contribution in [3.63, 3.8) is 0 Å². The summed E-state index contributed by atoms with van der Waals surface area (Å²) < 4.78 is 5.59. The minimum Gasteiger partial charge on any atom is -0.409 e. The van der Waals surface area contributed by atoms with E-state index in [-0.39, 0.29) is 18.0 Å². The largest absolute Gasteiger partial charge is 0.409 e. The molecule has 5 nitrogen and oxygen atoms in total. The molecule has 88 valence electrons. The van der Waals surface area contributed by atoms with Gasteiger partial charge in [0.05, 0.1) is 12.1 Å². The van der Waals surface area contributed by atoms with Crippen molar-refractivity contribution in [3.05, 3.63) is 0 Å². The van der Waals surface area contributed by atoms with Gasteiger partial charge in [0.15, 0.2) is 5.84 Å². The molecule has 1 heterocycles. The maximum Gasteiger partial charge on any atom is 0.156 e. The second-order valence-corrected chi connectivity index (χ2v) is 3.92. The predicted molar refractivity (Wildman–Crippen MR) is 59.1 cm³/mol. The topological polar surface area (TPSA) is 71.1 Å². The highest BCUT2D eigenvalue weighted by atomic mass is 16.5. The number of piperidine rings is 1. The van der Waals surface area contributed by atoms with Gasteiger partial charge in [-0.15, -0.1) is 0 Å². The van der Waals surface area contributed by atoms with Crippen molar-refractivity contribution in [2.24, 2.45) is 10.9 Å². The average Bonchev–Trinajstić information content (AvgIpc) is 2.28. The Morgan fingerprint density at radius 1 is 1.73 bits per heavy atom. The number of nitrogens with two attached hydrogens (primary N) is 1. The van der Waals surface area contributed by atoms with Crippen LogP contribution in [-0.2, 0) is 4.74 Å². The summed E-state index contributed by atoms with van der Waals surface area (Å²) in [5.74, 6) is 0.271. The van der Waals surface area contributed by atoms with E-state index in [4.69, 9.17) is 15.7 Å². The van der Waals surface area contributed by atoms with Crippen LogP contribution in [0, 0.1) is 0 Å². The monoisotopic (exact) mass is 215 g/mol. The van der Waals surface area contributed by atoms with E-state index in [2.05, 4.69) is 10.1 Å². The van der Waals surface area contributed by atoms with Gasteiger partial charge in [-0.1, -0.05) is 5.16 Å². The lowest BCUT2D eigenvalue weighted by atomic mass is 10.1. The fourth-order valence-electron chi connectivity index (χ4n) is 1.96. The van der Waals surface area contributed by atoms with Gasteiger partial charge in [-0.05, 0) is 33.2 Å². The Bertz CT molecular complexity index is 219. The lowest BCUT2D eigenvalue weighted by Crippen LogP contribution is -2.49. The van der Waals surface area contributed by atoms with E-state index in [9.17, 15) is 0 Å². The maximum atomic E-state index is 8.61. The third kappa shape index (κ3) is 3.35. The molecule has 0 saturated carbocycles. The molecular formula is C10H21N3O2. The van der Waals surface area contributed by atoms with Gasteiger partial charge in [-0.3, -0.25) is 4.90 Å². The highest BCUT2D eigenvalue weighted by Gasteiger charge is 2.25. The van der Waals surface area contributed by atoms with Crippen molar-refractivity contribution >= 4 is 5.84 Å². The van der Waals surface area contributed by atoms with Crippen LogP contribution < -0.4 is 5.73 Å². The van der Waals surface area contributed by atoms with Gasteiger partial charge in [0, 0.05) is 13.2 Å². The number of rotatable bonds is 4. The Balaban J connectivity index is 2.48. The van der Waals surface area contributed by atoms with Crippen LogP contribution in [-0.4, -0.2) is 47.8 Å². The second-order valence-electron chi connectivity index (χ2n) is 3.92. The molecule has 0 aliphatic carbocycles. The van der Waals surface area contributed by atoms with E-state index in [0.717, 1.165) is 32.5 Å². The number of oxime groups is 1. The molecule has 1 aliphatic heterocycles. The minimum absolute atomic E-state index is 0.0155. The summed E-state index contributed by atoms with van der Waals surface area (Å²) in [4.78, 5) is 2.19. The first-order chi connectivity index (χ1) is 7.19. The predicted octanol–water partition coefficient (Wildman–Crippen LogP) is 0.622. The van der Waals surface area contributed by atoms with Gasteiger partial charge in [0.1, 0.15) is 0 Å². The van der Waals surface area contributed by atoms with E-state index in [1.165, 1.54) is 0 Å². The Morgan fingerprint density at radius 3 is 3.07 bits per heavy atom. The summed E-state index contributed by atoms with van der Waals surface area (Å²) in [6.07, 6.45) is 2.50. The first kappa shape index (κ1) is 12.3. The zero-order valence-electron chi connectivity index (χ0n) is 9.52. The minimum atomic E-state index is -0.0155. The first-order valence-electron chi connectivity index (χ1n) is 5.52. The smallest absolute Gasteiger partial charge is 0.156 e. The van der Waals surface area contributed by atoms with Crippen LogP contribution in [0.2, 0.25) is 0 Å². The molecule has 3 N–H and O–H groups in total. The molecule has 2 unspecified atom stereocenters. The van der Waals surface area contributed by atoms with E-state index < -0.39 is 0 Å². The lowest BCUT2D eigenvalue weighted by Gasteiger charge is -2.35. The number of hydrogen-bond acceptors (Lipinski definition) is 4. The molecule has 0 bridgehead atoms. The number of amidine groups is 1. The third-order valence-electron chi connectivity index (χ3n) is 2.90. The Morgan fingerprint density at radius 2 is 2.47 bits per heavy atom. The molecule has 1 rings (SSSR count). The molecule has 0 aromatic carbocycles. The molecule has 1 fully saturated rings. The zero-order chi connectivity index (χ0) is 11.3. The molecule has 0 spiro atoms. The fourth-order valence-corrected chi connectivity index (χ4v) is 1.96. The maximum absolute atomic E-state index is 8.61. The van der Waals surface area contributed by atoms with Crippen LogP contribution in [0.4, 0.5) is 0 Å². The lowest BCUT2D eigenvalue weighted by molar-refractivity contribution is 0.00181. The molecular weight excluding hydrogens is 194 g/mol. The van der Waals surface area contributed by atoms with Crippen LogP contribution in [0.5, 0.6) is 0 Å². The normalized spacial score (nSPS) is 26.5. The highest BCUT2D eigenvalue weighted by Crippen LogP contribution is 2.15. The molecule has 1 aliphatic rings. The Hall–Kier alpha value is -0.810. The van der Waals surface area contributed by atoms with Crippen molar-refractivity contribution in [1.82, 2.24) is 4.90 Å². The summed E-state index contributed by atoms with van der Waals surface area (Å²) >= 11 is 0. The molecule has 1 saturated heterocycles. The third-order valence-corrected chi connectivity index (χ3v) is 2.90. The number of likely N-dealkylation sites (tertiary alicyclic amines) is 1. The van der Waals surface area contributed by atoms with Crippen molar-refractivity contribution in [2.75, 3.05) is 19.7 Å². The quantitative estimate of drug-likeness (QED) is 0.312. The van der Waals surface area contributed by atoms with Crippen LogP contribution in [0.25, 0.3) is 0 Å². The number of nitrogens with zero attached hydrogens (tertiary/aromatic N) is 2. The Labute approximate surface area is 90.9 Å². The molecule has 5 heteroatoms. The van der Waals surface area contributed by atoms with Gasteiger partial charge in [-0.25, -0.2) is 0 Å². The number of hydrogen-bond donors (Lipinski definition) is 2. The van der Waals surface area contributed by atoms with Crippen LogP contribution in [0.3, 0.4) is 0 Å². The van der Waals surface area contributed by atoms with Crippen molar-refractivity contribution in [3.8, 4) is 0 Å². The fraction of sp³-hybridized carbons (Fsp3) is 0.900. The Kier molecular flexibility index (Phi) is 4.84. The summed E-state index contributed by atoms with van der Waals surface area (Å²) in [5.41, 5.74) is 5.58. The average molecular weight is 215 g/mol. The standard InChI is InChI=1S/C10H21N3O2/c1-3-15-9-5-4-6-13(7-9)8(2)10(11)12-14/h8-9,14H,3-7H2,1-2H3,(H2,11,12). The summed E-state index contributed by atoms with van der Waals surface area (Å²) in [5, 5.41) is 11.7. The van der Waals surface area contributed by atoms with Gasteiger partial charge in [0.25, 0.3) is 0 Å². The molecule has 15 heavy (non-hydrogen) atoms. The van der Waals surface area contributed by atoms with Crippen molar-refractivity contribution in [2.45, 2.75) is 38.8 Å². The van der Waals surface area contributed by atoms with Crippen molar-refractivity contribution < 1.29 is 9.94 Å².